The van der Waals surface area contributed by atoms with Gasteiger partial charge in [0.2, 0.25) is 0 Å². The summed E-state index contributed by atoms with van der Waals surface area (Å²) in [5, 5.41) is 13.4. The fourth-order valence-electron chi connectivity index (χ4n) is 1.64. The molecule has 0 aliphatic rings. The average molecular weight is 267 g/mol. The molecule has 1 amide bonds. The molecule has 0 aliphatic carbocycles. The van der Waals surface area contributed by atoms with E-state index in [0.717, 1.165) is 12.3 Å². The van der Waals surface area contributed by atoms with Gasteiger partial charge in [0.1, 0.15) is 12.0 Å². The number of hydrogen-bond acceptors (Lipinski definition) is 6. The van der Waals surface area contributed by atoms with Crippen molar-refractivity contribution >= 4 is 17.4 Å². The highest BCUT2D eigenvalue weighted by molar-refractivity contribution is 5.99. The first kappa shape index (κ1) is 14.8. The lowest BCUT2D eigenvalue weighted by Crippen LogP contribution is -2.39. The second kappa shape index (κ2) is 6.10. The number of amides is 1. The summed E-state index contributed by atoms with van der Waals surface area (Å²) in [6, 6.07) is 1.02. The van der Waals surface area contributed by atoms with E-state index in [1.165, 1.54) is 0 Å². The SMILES string of the molecule is CC(CN(C)C)NC(=O)c1cc([N+](=O)[O-])cnc1N. The van der Waals surface area contributed by atoms with E-state index >= 15 is 0 Å². The van der Waals surface area contributed by atoms with Gasteiger partial charge < -0.3 is 16.0 Å². The molecule has 0 saturated heterocycles. The lowest BCUT2D eigenvalue weighted by Gasteiger charge is -2.18. The van der Waals surface area contributed by atoms with E-state index < -0.39 is 10.8 Å². The van der Waals surface area contributed by atoms with Crippen LogP contribution >= 0.6 is 0 Å². The molecule has 0 radical (unpaired) electrons. The minimum absolute atomic E-state index is 0.0137. The standard InChI is InChI=1S/C11H17N5O3/c1-7(6-15(2)3)14-11(17)9-4-8(16(18)19)5-13-10(9)12/h4-5,7H,6H2,1-3H3,(H2,12,13)(H,14,17). The summed E-state index contributed by atoms with van der Waals surface area (Å²) < 4.78 is 0. The molecule has 1 atom stereocenters. The maximum Gasteiger partial charge on any atom is 0.288 e. The number of likely N-dealkylation sites (N-methyl/N-ethyl adjacent to an activating group) is 1. The molecule has 1 aromatic heterocycles. The van der Waals surface area contributed by atoms with Crippen molar-refractivity contribution < 1.29 is 9.72 Å². The van der Waals surface area contributed by atoms with Gasteiger partial charge in [-0.15, -0.1) is 0 Å². The lowest BCUT2D eigenvalue weighted by molar-refractivity contribution is -0.385. The Kier molecular flexibility index (Phi) is 4.76. The normalized spacial score (nSPS) is 12.2. The van der Waals surface area contributed by atoms with Gasteiger partial charge in [0, 0.05) is 18.7 Å². The molecule has 1 rings (SSSR count). The molecule has 8 nitrogen and oxygen atoms in total. The predicted octanol–water partition coefficient (Wildman–Crippen LogP) is 0.252. The van der Waals surface area contributed by atoms with Gasteiger partial charge in [-0.05, 0) is 21.0 Å². The minimum Gasteiger partial charge on any atom is -0.383 e. The Bertz CT molecular complexity index is 489. The molecule has 1 unspecified atom stereocenters. The molecule has 0 saturated carbocycles. The molecule has 0 aliphatic heterocycles. The smallest absolute Gasteiger partial charge is 0.288 e. The van der Waals surface area contributed by atoms with Gasteiger partial charge in [0.15, 0.2) is 0 Å². The highest BCUT2D eigenvalue weighted by Gasteiger charge is 2.18. The minimum atomic E-state index is -0.619. The van der Waals surface area contributed by atoms with E-state index in [1.807, 2.05) is 25.9 Å². The highest BCUT2D eigenvalue weighted by atomic mass is 16.6. The van der Waals surface area contributed by atoms with Gasteiger partial charge >= 0.3 is 0 Å². The maximum absolute atomic E-state index is 12.0. The number of carbonyl (C=O) groups excluding carboxylic acids is 1. The van der Waals surface area contributed by atoms with Crippen molar-refractivity contribution in [3.63, 3.8) is 0 Å². The summed E-state index contributed by atoms with van der Waals surface area (Å²) >= 11 is 0. The summed E-state index contributed by atoms with van der Waals surface area (Å²) in [7, 11) is 3.76. The zero-order chi connectivity index (χ0) is 14.6. The molecule has 3 N–H and O–H groups in total. The number of nitrogens with two attached hydrogens (primary N) is 1. The number of rotatable bonds is 5. The molecule has 0 aromatic carbocycles. The topological polar surface area (TPSA) is 114 Å². The monoisotopic (exact) mass is 267 g/mol. The van der Waals surface area contributed by atoms with Crippen LogP contribution in [-0.4, -0.2) is 47.4 Å². The van der Waals surface area contributed by atoms with Crippen molar-refractivity contribution in [3.05, 3.63) is 27.9 Å². The lowest BCUT2D eigenvalue weighted by atomic mass is 10.2. The molecular formula is C11H17N5O3. The molecule has 0 fully saturated rings. The Hall–Kier alpha value is -2.22. The van der Waals surface area contributed by atoms with E-state index in [1.54, 1.807) is 0 Å². The Balaban J connectivity index is 2.87. The third-order valence-electron chi connectivity index (χ3n) is 2.38. The van der Waals surface area contributed by atoms with Crippen LogP contribution in [0.3, 0.4) is 0 Å². The first-order valence-corrected chi connectivity index (χ1v) is 5.66. The average Bonchev–Trinajstić information content (AvgIpc) is 2.27. The van der Waals surface area contributed by atoms with Crippen molar-refractivity contribution in [2.45, 2.75) is 13.0 Å². The number of nitrogen functional groups attached to an aromatic ring is 1. The number of carbonyl (C=O) groups is 1. The number of aromatic nitrogens is 1. The number of pyridine rings is 1. The number of nitro groups is 1. The molecule has 0 bridgehead atoms. The van der Waals surface area contributed by atoms with Crippen LogP contribution in [0.4, 0.5) is 11.5 Å². The van der Waals surface area contributed by atoms with Gasteiger partial charge in [-0.2, -0.15) is 0 Å². The van der Waals surface area contributed by atoms with Gasteiger partial charge in [-0.3, -0.25) is 14.9 Å². The fourth-order valence-corrected chi connectivity index (χ4v) is 1.64. The van der Waals surface area contributed by atoms with Crippen LogP contribution in [0, 0.1) is 10.1 Å². The fraction of sp³-hybridized carbons (Fsp3) is 0.455. The molecular weight excluding hydrogens is 250 g/mol. The number of anilines is 1. The number of nitrogens with one attached hydrogen (secondary N) is 1. The Morgan fingerprint density at radius 1 is 1.63 bits per heavy atom. The molecule has 0 spiro atoms. The summed E-state index contributed by atoms with van der Waals surface area (Å²) in [4.78, 5) is 27.6. The van der Waals surface area contributed by atoms with Crippen LogP contribution in [0.1, 0.15) is 17.3 Å². The highest BCUT2D eigenvalue weighted by Crippen LogP contribution is 2.16. The van der Waals surface area contributed by atoms with Crippen molar-refractivity contribution in [3.8, 4) is 0 Å². The van der Waals surface area contributed by atoms with Crippen molar-refractivity contribution in [1.29, 1.82) is 0 Å². The van der Waals surface area contributed by atoms with E-state index in [-0.39, 0.29) is 23.1 Å². The Morgan fingerprint density at radius 2 is 2.26 bits per heavy atom. The second-order valence-corrected chi connectivity index (χ2v) is 4.52. The molecule has 104 valence electrons. The third kappa shape index (κ3) is 4.18. The van der Waals surface area contributed by atoms with Gasteiger partial charge in [-0.1, -0.05) is 0 Å². The number of hydrogen-bond donors (Lipinski definition) is 2. The van der Waals surface area contributed by atoms with Crippen molar-refractivity contribution in [2.24, 2.45) is 0 Å². The van der Waals surface area contributed by atoms with Crippen LogP contribution in [-0.2, 0) is 0 Å². The zero-order valence-electron chi connectivity index (χ0n) is 11.1. The van der Waals surface area contributed by atoms with Gasteiger partial charge in [-0.25, -0.2) is 4.98 Å². The Morgan fingerprint density at radius 3 is 2.79 bits per heavy atom. The number of nitrogens with zero attached hydrogens (tertiary/aromatic N) is 3. The first-order valence-electron chi connectivity index (χ1n) is 5.66. The summed E-state index contributed by atoms with van der Waals surface area (Å²) in [6.45, 7) is 2.48. The van der Waals surface area contributed by atoms with Gasteiger partial charge in [0.05, 0.1) is 10.5 Å². The molecule has 1 aromatic rings. The summed E-state index contributed by atoms with van der Waals surface area (Å²) in [6.07, 6.45) is 1.02. The maximum atomic E-state index is 12.0. The van der Waals surface area contributed by atoms with Crippen LogP contribution in [0.5, 0.6) is 0 Å². The van der Waals surface area contributed by atoms with Crippen LogP contribution < -0.4 is 11.1 Å². The molecule has 19 heavy (non-hydrogen) atoms. The van der Waals surface area contributed by atoms with E-state index in [4.69, 9.17) is 5.73 Å². The molecule has 8 heteroatoms. The van der Waals surface area contributed by atoms with E-state index in [0.29, 0.717) is 6.54 Å². The third-order valence-corrected chi connectivity index (χ3v) is 2.38. The van der Waals surface area contributed by atoms with Crippen LogP contribution in [0.2, 0.25) is 0 Å². The summed E-state index contributed by atoms with van der Waals surface area (Å²) in [5.41, 5.74) is 5.31. The van der Waals surface area contributed by atoms with E-state index in [2.05, 4.69) is 10.3 Å². The predicted molar refractivity (Wildman–Crippen MR) is 70.8 cm³/mol. The second-order valence-electron chi connectivity index (χ2n) is 4.52. The largest absolute Gasteiger partial charge is 0.383 e. The molecule has 1 heterocycles. The van der Waals surface area contributed by atoms with Crippen molar-refractivity contribution in [2.75, 3.05) is 26.4 Å². The van der Waals surface area contributed by atoms with Gasteiger partial charge in [0.25, 0.3) is 11.6 Å². The van der Waals surface area contributed by atoms with Crippen LogP contribution in [0.25, 0.3) is 0 Å². The quantitative estimate of drug-likeness (QED) is 0.584. The zero-order valence-corrected chi connectivity index (χ0v) is 11.1. The van der Waals surface area contributed by atoms with Crippen LogP contribution in [0.15, 0.2) is 12.3 Å². The first-order chi connectivity index (χ1) is 8.81. The Labute approximate surface area is 110 Å². The van der Waals surface area contributed by atoms with E-state index in [9.17, 15) is 14.9 Å². The van der Waals surface area contributed by atoms with Crippen molar-refractivity contribution in [1.82, 2.24) is 15.2 Å². The summed E-state index contributed by atoms with van der Waals surface area (Å²) in [5.74, 6) is -0.497.